The van der Waals surface area contributed by atoms with E-state index in [2.05, 4.69) is 34.5 Å². The first-order valence-electron chi connectivity index (χ1n) is 12.7. The third-order valence-corrected chi connectivity index (χ3v) is 7.74. The number of nitrogens with zero attached hydrogens (tertiary/aromatic N) is 2. The molecule has 3 aliphatic heterocycles. The minimum Gasteiger partial charge on any atom is -0.376 e. The standard InChI is InChI=1S/C28H35N3O3/c32-26-25(20-23-10-5-2-6-11-23)29-27(33)28(31(26)21-24-12-7-19-34-24)14-17-30(18-15-28)16-13-22-8-3-1-4-9-22/h1-6,8-11,24-25H,7,12-21H2,(H,29,33). The Morgan fingerprint density at radius 2 is 1.62 bits per heavy atom. The molecule has 3 heterocycles. The van der Waals surface area contributed by atoms with Crippen LogP contribution in [0.15, 0.2) is 60.7 Å². The minimum atomic E-state index is -0.764. The van der Waals surface area contributed by atoms with Crippen molar-refractivity contribution in [3.8, 4) is 0 Å². The summed E-state index contributed by atoms with van der Waals surface area (Å²) < 4.78 is 5.90. The first kappa shape index (κ1) is 23.1. The van der Waals surface area contributed by atoms with E-state index in [1.165, 1.54) is 5.56 Å². The lowest BCUT2D eigenvalue weighted by atomic mass is 9.80. The van der Waals surface area contributed by atoms with Crippen molar-refractivity contribution in [1.29, 1.82) is 0 Å². The molecule has 0 bridgehead atoms. The molecule has 6 heteroatoms. The average molecular weight is 462 g/mol. The molecule has 180 valence electrons. The van der Waals surface area contributed by atoms with Crippen LogP contribution in [-0.4, -0.2) is 72.1 Å². The van der Waals surface area contributed by atoms with Gasteiger partial charge in [-0.25, -0.2) is 0 Å². The highest BCUT2D eigenvalue weighted by molar-refractivity contribution is 6.00. The van der Waals surface area contributed by atoms with Gasteiger partial charge in [-0.3, -0.25) is 9.59 Å². The fourth-order valence-corrected chi connectivity index (χ4v) is 5.70. The molecule has 0 radical (unpaired) electrons. The number of carbonyl (C=O) groups excluding carboxylic acids is 2. The summed E-state index contributed by atoms with van der Waals surface area (Å²) in [6, 6.07) is 19.9. The molecule has 1 spiro atoms. The number of likely N-dealkylation sites (tertiary alicyclic amines) is 1. The number of piperazine rings is 1. The highest BCUT2D eigenvalue weighted by atomic mass is 16.5. The molecule has 3 saturated heterocycles. The maximum absolute atomic E-state index is 13.8. The van der Waals surface area contributed by atoms with Crippen LogP contribution < -0.4 is 5.32 Å². The fourth-order valence-electron chi connectivity index (χ4n) is 5.70. The van der Waals surface area contributed by atoms with E-state index < -0.39 is 11.6 Å². The van der Waals surface area contributed by atoms with Gasteiger partial charge in [-0.15, -0.1) is 0 Å². The lowest BCUT2D eigenvalue weighted by molar-refractivity contribution is -0.163. The zero-order valence-electron chi connectivity index (χ0n) is 19.8. The zero-order valence-corrected chi connectivity index (χ0v) is 19.8. The first-order chi connectivity index (χ1) is 16.6. The lowest BCUT2D eigenvalue weighted by Crippen LogP contribution is -2.73. The average Bonchev–Trinajstić information content (AvgIpc) is 3.39. The molecule has 5 rings (SSSR count). The number of nitrogens with one attached hydrogen (secondary N) is 1. The van der Waals surface area contributed by atoms with Crippen molar-refractivity contribution < 1.29 is 14.3 Å². The van der Waals surface area contributed by atoms with Crippen LogP contribution in [0.25, 0.3) is 0 Å². The van der Waals surface area contributed by atoms with Crippen LogP contribution in [0.5, 0.6) is 0 Å². The van der Waals surface area contributed by atoms with Gasteiger partial charge in [0, 0.05) is 39.2 Å². The van der Waals surface area contributed by atoms with Crippen molar-refractivity contribution in [3.05, 3.63) is 71.8 Å². The largest absolute Gasteiger partial charge is 0.376 e. The van der Waals surface area contributed by atoms with E-state index in [9.17, 15) is 9.59 Å². The Morgan fingerprint density at radius 1 is 0.941 bits per heavy atom. The Labute approximate surface area is 202 Å². The van der Waals surface area contributed by atoms with E-state index >= 15 is 0 Å². The summed E-state index contributed by atoms with van der Waals surface area (Å²) in [5, 5.41) is 3.11. The molecule has 0 saturated carbocycles. The number of ether oxygens (including phenoxy) is 1. The van der Waals surface area contributed by atoms with E-state index in [1.807, 2.05) is 41.3 Å². The first-order valence-corrected chi connectivity index (χ1v) is 12.7. The molecule has 2 unspecified atom stereocenters. The maximum Gasteiger partial charge on any atom is 0.246 e. The molecular weight excluding hydrogens is 426 g/mol. The quantitative estimate of drug-likeness (QED) is 0.689. The molecule has 3 aliphatic rings. The number of carbonyl (C=O) groups is 2. The highest BCUT2D eigenvalue weighted by Crippen LogP contribution is 2.34. The summed E-state index contributed by atoms with van der Waals surface area (Å²) in [5.41, 5.74) is 1.63. The summed E-state index contributed by atoms with van der Waals surface area (Å²) in [6.07, 6.45) is 4.86. The van der Waals surface area contributed by atoms with Crippen LogP contribution in [0, 0.1) is 0 Å². The molecule has 2 aromatic carbocycles. The number of amides is 2. The highest BCUT2D eigenvalue weighted by Gasteiger charge is 2.54. The van der Waals surface area contributed by atoms with E-state index in [-0.39, 0.29) is 17.9 Å². The molecule has 2 aromatic rings. The van der Waals surface area contributed by atoms with Gasteiger partial charge in [0.2, 0.25) is 11.8 Å². The molecule has 0 aromatic heterocycles. The van der Waals surface area contributed by atoms with Gasteiger partial charge in [-0.05, 0) is 43.2 Å². The van der Waals surface area contributed by atoms with E-state index in [0.29, 0.717) is 25.8 Å². The minimum absolute atomic E-state index is 0.00809. The van der Waals surface area contributed by atoms with Crippen LogP contribution >= 0.6 is 0 Å². The van der Waals surface area contributed by atoms with Crippen molar-refractivity contribution in [3.63, 3.8) is 0 Å². The van der Waals surface area contributed by atoms with Gasteiger partial charge in [0.25, 0.3) is 0 Å². The predicted octanol–water partition coefficient (Wildman–Crippen LogP) is 2.81. The van der Waals surface area contributed by atoms with Gasteiger partial charge in [-0.1, -0.05) is 60.7 Å². The van der Waals surface area contributed by atoms with Crippen molar-refractivity contribution in [1.82, 2.24) is 15.1 Å². The van der Waals surface area contributed by atoms with Crippen LogP contribution in [0.3, 0.4) is 0 Å². The summed E-state index contributed by atoms with van der Waals surface area (Å²) in [7, 11) is 0. The van der Waals surface area contributed by atoms with E-state index in [0.717, 1.165) is 51.1 Å². The Hall–Kier alpha value is -2.70. The number of piperidine rings is 1. The second-order valence-electron chi connectivity index (χ2n) is 9.91. The fraction of sp³-hybridized carbons (Fsp3) is 0.500. The molecule has 0 aliphatic carbocycles. The van der Waals surface area contributed by atoms with Crippen molar-refractivity contribution in [2.24, 2.45) is 0 Å². The van der Waals surface area contributed by atoms with Gasteiger partial charge in [0.05, 0.1) is 6.10 Å². The predicted molar refractivity (Wildman–Crippen MR) is 131 cm³/mol. The molecule has 34 heavy (non-hydrogen) atoms. The number of benzene rings is 2. The summed E-state index contributed by atoms with van der Waals surface area (Å²) in [4.78, 5) is 31.7. The Morgan fingerprint density at radius 3 is 2.26 bits per heavy atom. The van der Waals surface area contributed by atoms with E-state index in [1.54, 1.807) is 0 Å². The van der Waals surface area contributed by atoms with Crippen LogP contribution in [0.2, 0.25) is 0 Å². The maximum atomic E-state index is 13.8. The molecule has 1 N–H and O–H groups in total. The van der Waals surface area contributed by atoms with Crippen LogP contribution in [-0.2, 0) is 27.2 Å². The Balaban J connectivity index is 1.29. The third kappa shape index (κ3) is 4.89. The second kappa shape index (κ2) is 10.3. The molecule has 3 fully saturated rings. The summed E-state index contributed by atoms with van der Waals surface area (Å²) in [6.45, 7) is 3.87. The van der Waals surface area contributed by atoms with Crippen LogP contribution in [0.1, 0.15) is 36.8 Å². The smallest absolute Gasteiger partial charge is 0.246 e. The van der Waals surface area contributed by atoms with Crippen molar-refractivity contribution >= 4 is 11.8 Å². The zero-order chi connectivity index (χ0) is 23.4. The number of rotatable bonds is 7. The number of hydrogen-bond acceptors (Lipinski definition) is 4. The second-order valence-corrected chi connectivity index (χ2v) is 9.91. The van der Waals surface area contributed by atoms with Gasteiger partial charge >= 0.3 is 0 Å². The van der Waals surface area contributed by atoms with Crippen molar-refractivity contribution in [2.45, 2.75) is 56.2 Å². The molecule has 6 nitrogen and oxygen atoms in total. The van der Waals surface area contributed by atoms with Crippen LogP contribution in [0.4, 0.5) is 0 Å². The number of hydrogen-bond donors (Lipinski definition) is 1. The van der Waals surface area contributed by atoms with E-state index in [4.69, 9.17) is 4.74 Å². The van der Waals surface area contributed by atoms with Gasteiger partial charge in [0.1, 0.15) is 11.6 Å². The normalized spacial score (nSPS) is 25.0. The monoisotopic (exact) mass is 461 g/mol. The van der Waals surface area contributed by atoms with Gasteiger partial charge in [-0.2, -0.15) is 0 Å². The summed E-state index contributed by atoms with van der Waals surface area (Å²) >= 11 is 0. The lowest BCUT2D eigenvalue weighted by Gasteiger charge is -2.52. The third-order valence-electron chi connectivity index (χ3n) is 7.74. The Bertz CT molecular complexity index is 967. The van der Waals surface area contributed by atoms with Gasteiger partial charge < -0.3 is 19.9 Å². The summed E-state index contributed by atoms with van der Waals surface area (Å²) in [5.74, 6) is 0.0467. The SMILES string of the molecule is O=C1C(Cc2ccccc2)NC(=O)C2(CCN(CCc3ccccc3)CC2)N1CC1CCCO1. The van der Waals surface area contributed by atoms with Crippen molar-refractivity contribution in [2.75, 3.05) is 32.8 Å². The van der Waals surface area contributed by atoms with Gasteiger partial charge in [0.15, 0.2) is 0 Å². The topological polar surface area (TPSA) is 61.9 Å². The Kier molecular flexibility index (Phi) is 6.97. The molecule has 2 amide bonds. The molecular formula is C28H35N3O3. The molecule has 2 atom stereocenters.